The van der Waals surface area contributed by atoms with E-state index in [0.29, 0.717) is 0 Å². The highest BCUT2D eigenvalue weighted by Gasteiger charge is 2.06. The molecule has 0 amide bonds. The molecule has 1 aliphatic rings. The number of rotatable bonds is 0. The van der Waals surface area contributed by atoms with Crippen molar-refractivity contribution in [2.24, 2.45) is 0 Å². The first-order valence-electron chi connectivity index (χ1n) is 3.18. The molecule has 1 saturated heterocycles. The Morgan fingerprint density at radius 1 is 1.38 bits per heavy atom. The van der Waals surface area contributed by atoms with Gasteiger partial charge in [-0.2, -0.15) is 0 Å². The third-order valence-corrected chi connectivity index (χ3v) is 1.52. The Morgan fingerprint density at radius 3 is 2.38 bits per heavy atom. The molecule has 0 unspecified atom stereocenters. The Kier molecular flexibility index (Phi) is 2.03. The Morgan fingerprint density at radius 2 is 2.00 bits per heavy atom. The maximum Gasteiger partial charge on any atom is 0.154 e. The van der Waals surface area contributed by atoms with Gasteiger partial charge in [-0.3, -0.25) is 0 Å². The Labute approximate surface area is 50.2 Å². The molecule has 1 N–H and O–H groups in total. The molecular formula is C6H13N2+. The molecule has 1 fully saturated rings. The van der Waals surface area contributed by atoms with Crippen LogP contribution in [-0.4, -0.2) is 37.0 Å². The van der Waals surface area contributed by atoms with E-state index in [1.807, 2.05) is 0 Å². The summed E-state index contributed by atoms with van der Waals surface area (Å²) in [6.07, 6.45) is 2.15. The first-order valence-corrected chi connectivity index (χ1v) is 3.18. The van der Waals surface area contributed by atoms with E-state index in [1.54, 1.807) is 0 Å². The zero-order valence-corrected chi connectivity index (χ0v) is 5.35. The number of hydrogen-bond donors (Lipinski definition) is 1. The number of nitrogens with zero attached hydrogens (tertiary/aromatic N) is 1. The second kappa shape index (κ2) is 2.82. The first-order chi connectivity index (χ1) is 3.93. The standard InChI is InChI=1S/C6H13N2/c1-2-8-5-3-7-4-6-8/h2,7H,3-6H2,1H3/q+1. The van der Waals surface area contributed by atoms with Crippen LogP contribution in [0.2, 0.25) is 0 Å². The van der Waals surface area contributed by atoms with Crippen molar-refractivity contribution in [3.8, 4) is 0 Å². The lowest BCUT2D eigenvalue weighted by molar-refractivity contribution is -0.528. The Balaban J connectivity index is 2.33. The third-order valence-electron chi connectivity index (χ3n) is 1.52. The molecule has 1 rings (SSSR count). The highest BCUT2D eigenvalue weighted by atomic mass is 15.1. The fourth-order valence-corrected chi connectivity index (χ4v) is 0.940. The van der Waals surface area contributed by atoms with Crippen LogP contribution in [0.4, 0.5) is 0 Å². The maximum absolute atomic E-state index is 3.29. The fourth-order valence-electron chi connectivity index (χ4n) is 0.940. The van der Waals surface area contributed by atoms with Crippen LogP contribution >= 0.6 is 0 Å². The molecular weight excluding hydrogens is 100 g/mol. The van der Waals surface area contributed by atoms with Crippen molar-refractivity contribution >= 4 is 6.21 Å². The molecule has 8 heavy (non-hydrogen) atoms. The quantitative estimate of drug-likeness (QED) is 0.426. The van der Waals surface area contributed by atoms with Crippen LogP contribution in [-0.2, 0) is 0 Å². The molecule has 0 aromatic heterocycles. The zero-order valence-electron chi connectivity index (χ0n) is 5.35. The van der Waals surface area contributed by atoms with E-state index in [2.05, 4.69) is 23.0 Å². The van der Waals surface area contributed by atoms with E-state index < -0.39 is 0 Å². The summed E-state index contributed by atoms with van der Waals surface area (Å²) in [5, 5.41) is 3.29. The Bertz CT molecular complexity index is 88.7. The molecule has 0 atom stereocenters. The van der Waals surface area contributed by atoms with Gasteiger partial charge in [0.15, 0.2) is 13.1 Å². The van der Waals surface area contributed by atoms with Crippen molar-refractivity contribution in [3.63, 3.8) is 0 Å². The summed E-state index contributed by atoms with van der Waals surface area (Å²) < 4.78 is 2.33. The zero-order chi connectivity index (χ0) is 5.82. The van der Waals surface area contributed by atoms with Crippen LogP contribution in [0.1, 0.15) is 6.92 Å². The average molecular weight is 113 g/mol. The minimum Gasteiger partial charge on any atom is -0.305 e. The summed E-state index contributed by atoms with van der Waals surface area (Å²) in [5.41, 5.74) is 0. The number of hydrogen-bond acceptors (Lipinski definition) is 1. The van der Waals surface area contributed by atoms with Crippen molar-refractivity contribution in [1.29, 1.82) is 0 Å². The van der Waals surface area contributed by atoms with Gasteiger partial charge in [0.05, 0.1) is 13.1 Å². The summed E-state index contributed by atoms with van der Waals surface area (Å²) >= 11 is 0. The molecule has 0 bridgehead atoms. The van der Waals surface area contributed by atoms with Crippen molar-refractivity contribution in [1.82, 2.24) is 5.32 Å². The lowest BCUT2D eigenvalue weighted by Gasteiger charge is -2.09. The third kappa shape index (κ3) is 1.30. The monoisotopic (exact) mass is 113 g/mol. The molecule has 2 heteroatoms. The van der Waals surface area contributed by atoms with Gasteiger partial charge < -0.3 is 5.32 Å². The van der Waals surface area contributed by atoms with Gasteiger partial charge in [0.1, 0.15) is 6.21 Å². The summed E-state index contributed by atoms with van der Waals surface area (Å²) in [7, 11) is 0. The van der Waals surface area contributed by atoms with E-state index in [9.17, 15) is 0 Å². The van der Waals surface area contributed by atoms with Crippen molar-refractivity contribution in [2.45, 2.75) is 6.92 Å². The SMILES string of the molecule is CC=[N+]1CCNCC1. The van der Waals surface area contributed by atoms with Crippen molar-refractivity contribution in [2.75, 3.05) is 26.2 Å². The second-order valence-electron chi connectivity index (χ2n) is 2.04. The van der Waals surface area contributed by atoms with Crippen LogP contribution in [0.25, 0.3) is 0 Å². The smallest absolute Gasteiger partial charge is 0.154 e. The second-order valence-corrected chi connectivity index (χ2v) is 2.04. The lowest BCUT2D eigenvalue weighted by atomic mass is 10.4. The van der Waals surface area contributed by atoms with Gasteiger partial charge in [-0.25, -0.2) is 4.58 Å². The van der Waals surface area contributed by atoms with Gasteiger partial charge in [0, 0.05) is 6.92 Å². The van der Waals surface area contributed by atoms with Crippen LogP contribution in [0.3, 0.4) is 0 Å². The van der Waals surface area contributed by atoms with Crippen molar-refractivity contribution < 1.29 is 4.58 Å². The summed E-state index contributed by atoms with van der Waals surface area (Å²) in [6.45, 7) is 6.73. The summed E-state index contributed by atoms with van der Waals surface area (Å²) in [5.74, 6) is 0. The van der Waals surface area contributed by atoms with E-state index in [-0.39, 0.29) is 0 Å². The lowest BCUT2D eigenvalue weighted by Crippen LogP contribution is -2.38. The van der Waals surface area contributed by atoms with Crippen LogP contribution in [0.15, 0.2) is 0 Å². The largest absolute Gasteiger partial charge is 0.305 e. The van der Waals surface area contributed by atoms with E-state index in [4.69, 9.17) is 0 Å². The minimum absolute atomic E-state index is 1.14. The van der Waals surface area contributed by atoms with Crippen LogP contribution < -0.4 is 5.32 Å². The van der Waals surface area contributed by atoms with Crippen LogP contribution in [0.5, 0.6) is 0 Å². The van der Waals surface area contributed by atoms with Crippen LogP contribution in [0, 0.1) is 0 Å². The van der Waals surface area contributed by atoms with Crippen molar-refractivity contribution in [3.05, 3.63) is 0 Å². The molecule has 0 aromatic rings. The molecule has 1 heterocycles. The highest BCUT2D eigenvalue weighted by Crippen LogP contribution is 1.78. The minimum atomic E-state index is 1.14. The van der Waals surface area contributed by atoms with Gasteiger partial charge in [0.2, 0.25) is 0 Å². The molecule has 46 valence electrons. The number of piperazine rings is 1. The topological polar surface area (TPSA) is 15.0 Å². The van der Waals surface area contributed by atoms with Gasteiger partial charge in [-0.15, -0.1) is 0 Å². The molecule has 0 radical (unpaired) electrons. The average Bonchev–Trinajstić information content (AvgIpc) is 1.90. The Hall–Kier alpha value is -0.370. The first kappa shape index (κ1) is 5.76. The van der Waals surface area contributed by atoms with Gasteiger partial charge >= 0.3 is 0 Å². The highest BCUT2D eigenvalue weighted by molar-refractivity contribution is 5.46. The van der Waals surface area contributed by atoms with E-state index in [0.717, 1.165) is 13.1 Å². The summed E-state index contributed by atoms with van der Waals surface area (Å²) in [4.78, 5) is 0. The van der Waals surface area contributed by atoms with E-state index in [1.165, 1.54) is 13.1 Å². The van der Waals surface area contributed by atoms with Gasteiger partial charge in [-0.05, 0) is 0 Å². The summed E-state index contributed by atoms with van der Waals surface area (Å²) in [6, 6.07) is 0. The predicted molar refractivity (Wildman–Crippen MR) is 34.6 cm³/mol. The van der Waals surface area contributed by atoms with E-state index >= 15 is 0 Å². The molecule has 0 saturated carbocycles. The molecule has 0 aromatic carbocycles. The van der Waals surface area contributed by atoms with Gasteiger partial charge in [-0.1, -0.05) is 0 Å². The normalized spacial score (nSPS) is 20.9. The maximum atomic E-state index is 3.29. The fraction of sp³-hybridized carbons (Fsp3) is 0.833. The molecule has 2 nitrogen and oxygen atoms in total. The molecule has 1 aliphatic heterocycles. The molecule has 0 aliphatic carbocycles. The van der Waals surface area contributed by atoms with Gasteiger partial charge in [0.25, 0.3) is 0 Å². The molecule has 0 spiro atoms. The number of nitrogens with one attached hydrogen (secondary N) is 1. The predicted octanol–water partition coefficient (Wildman–Crippen LogP) is -0.307.